The van der Waals surface area contributed by atoms with Gasteiger partial charge in [-0.25, -0.2) is 4.79 Å². The molecule has 0 aromatic rings. The second-order valence-electron chi connectivity index (χ2n) is 2.96. The van der Waals surface area contributed by atoms with Crippen LogP contribution < -0.4 is 11.5 Å². The highest BCUT2D eigenvalue weighted by atomic mass is 16.4. The standard InChI is InChI=1S/C5H10N2O3.C3H6O3/c6-3(5(9)10)1-2-4(7)8;1-2(4)3(5)6/h3H,1-2,6H2,(H2,7,8)(H,9,10);2,4H,1H3,(H,5,6)/t3-;2-/m00/s1. The molecule has 0 saturated carbocycles. The van der Waals surface area contributed by atoms with Crippen LogP contribution in [0.25, 0.3) is 0 Å². The molecule has 0 heterocycles. The molecule has 0 fully saturated rings. The largest absolute Gasteiger partial charge is 0.480 e. The van der Waals surface area contributed by atoms with Crippen molar-refractivity contribution < 1.29 is 29.7 Å². The van der Waals surface area contributed by atoms with Gasteiger partial charge in [0.05, 0.1) is 0 Å². The van der Waals surface area contributed by atoms with Gasteiger partial charge in [-0.3, -0.25) is 9.59 Å². The summed E-state index contributed by atoms with van der Waals surface area (Å²) in [6.07, 6.45) is -1.11. The van der Waals surface area contributed by atoms with Crippen molar-refractivity contribution in [2.45, 2.75) is 31.9 Å². The van der Waals surface area contributed by atoms with Crippen molar-refractivity contribution in [1.82, 2.24) is 0 Å². The molecule has 0 spiro atoms. The number of aliphatic hydroxyl groups is 1. The normalized spacial score (nSPS) is 12.9. The van der Waals surface area contributed by atoms with Crippen LogP contribution in [0.15, 0.2) is 0 Å². The molecule has 2 atom stereocenters. The third-order valence-electron chi connectivity index (χ3n) is 1.38. The minimum Gasteiger partial charge on any atom is -0.480 e. The quantitative estimate of drug-likeness (QED) is 0.372. The van der Waals surface area contributed by atoms with E-state index in [1.54, 1.807) is 0 Å². The molecule has 8 nitrogen and oxygen atoms in total. The van der Waals surface area contributed by atoms with Crippen LogP contribution in [-0.4, -0.2) is 45.3 Å². The lowest BCUT2D eigenvalue weighted by Crippen LogP contribution is -2.31. The summed E-state index contributed by atoms with van der Waals surface area (Å²) in [5.41, 5.74) is 9.81. The predicted molar refractivity (Wildman–Crippen MR) is 53.4 cm³/mol. The van der Waals surface area contributed by atoms with E-state index in [2.05, 4.69) is 0 Å². The van der Waals surface area contributed by atoms with Crippen molar-refractivity contribution in [2.75, 3.05) is 0 Å². The van der Waals surface area contributed by atoms with Crippen LogP contribution in [0.3, 0.4) is 0 Å². The third kappa shape index (κ3) is 12.3. The van der Waals surface area contributed by atoms with Gasteiger partial charge >= 0.3 is 11.9 Å². The molecule has 8 heteroatoms. The molecular weight excluding hydrogens is 220 g/mol. The van der Waals surface area contributed by atoms with Gasteiger partial charge in [-0.15, -0.1) is 0 Å². The van der Waals surface area contributed by atoms with Gasteiger partial charge in [0.1, 0.15) is 12.1 Å². The topological polar surface area (TPSA) is 164 Å². The molecule has 0 radical (unpaired) electrons. The Kier molecular flexibility index (Phi) is 9.03. The summed E-state index contributed by atoms with van der Waals surface area (Å²) >= 11 is 0. The van der Waals surface area contributed by atoms with Gasteiger partial charge in [0.2, 0.25) is 5.91 Å². The Balaban J connectivity index is 0. The monoisotopic (exact) mass is 236 g/mol. The number of carboxylic acid groups (broad SMARTS) is 2. The van der Waals surface area contributed by atoms with Crippen LogP contribution >= 0.6 is 0 Å². The van der Waals surface area contributed by atoms with Crippen molar-refractivity contribution in [3.05, 3.63) is 0 Å². The van der Waals surface area contributed by atoms with E-state index in [0.29, 0.717) is 0 Å². The van der Waals surface area contributed by atoms with Crippen molar-refractivity contribution in [3.63, 3.8) is 0 Å². The van der Waals surface area contributed by atoms with Gasteiger partial charge in [-0.1, -0.05) is 0 Å². The first-order chi connectivity index (χ1) is 7.18. The van der Waals surface area contributed by atoms with Crippen LogP contribution in [0.2, 0.25) is 0 Å². The first kappa shape index (κ1) is 16.7. The maximum atomic E-state index is 10.1. The highest BCUT2D eigenvalue weighted by Gasteiger charge is 2.11. The highest BCUT2D eigenvalue weighted by molar-refractivity contribution is 5.77. The Morgan fingerprint density at radius 2 is 1.56 bits per heavy atom. The average Bonchev–Trinajstić information content (AvgIpc) is 2.14. The molecule has 0 aromatic carbocycles. The molecule has 0 aromatic heterocycles. The number of nitrogens with two attached hydrogens (primary N) is 2. The molecule has 0 aliphatic carbocycles. The fourth-order valence-electron chi connectivity index (χ4n) is 0.421. The molecule has 0 bridgehead atoms. The van der Waals surface area contributed by atoms with E-state index in [4.69, 9.17) is 26.8 Å². The number of hydrogen-bond acceptors (Lipinski definition) is 5. The molecular formula is C8H16N2O6. The van der Waals surface area contributed by atoms with Crippen LogP contribution in [0.4, 0.5) is 0 Å². The Labute approximate surface area is 91.8 Å². The lowest BCUT2D eigenvalue weighted by atomic mass is 10.2. The number of hydrogen-bond donors (Lipinski definition) is 5. The molecule has 0 aliphatic rings. The van der Waals surface area contributed by atoms with E-state index >= 15 is 0 Å². The molecule has 1 amide bonds. The number of carbonyl (C=O) groups excluding carboxylic acids is 1. The van der Waals surface area contributed by atoms with Crippen LogP contribution in [0.5, 0.6) is 0 Å². The fourth-order valence-corrected chi connectivity index (χ4v) is 0.421. The van der Waals surface area contributed by atoms with E-state index in [1.165, 1.54) is 6.92 Å². The molecule has 7 N–H and O–H groups in total. The SMILES string of the molecule is C[C@H](O)C(=O)O.NC(=O)CC[C@H](N)C(=O)O. The van der Waals surface area contributed by atoms with Gasteiger partial charge in [-0.05, 0) is 13.3 Å². The molecule has 0 aliphatic heterocycles. The molecule has 0 unspecified atom stereocenters. The second kappa shape index (κ2) is 8.62. The number of rotatable bonds is 5. The van der Waals surface area contributed by atoms with Crippen molar-refractivity contribution in [3.8, 4) is 0 Å². The van der Waals surface area contributed by atoms with Crippen LogP contribution in [0.1, 0.15) is 19.8 Å². The van der Waals surface area contributed by atoms with Crippen molar-refractivity contribution in [2.24, 2.45) is 11.5 Å². The van der Waals surface area contributed by atoms with Crippen molar-refractivity contribution >= 4 is 17.8 Å². The Hall–Kier alpha value is -1.67. The summed E-state index contributed by atoms with van der Waals surface area (Å²) in [7, 11) is 0. The smallest absolute Gasteiger partial charge is 0.332 e. The molecule has 0 rings (SSSR count). The molecule has 0 saturated heterocycles. The van der Waals surface area contributed by atoms with Gasteiger partial charge in [0.15, 0.2) is 0 Å². The fraction of sp³-hybridized carbons (Fsp3) is 0.625. The number of amides is 1. The Bertz CT molecular complexity index is 253. The maximum absolute atomic E-state index is 10.1. The van der Waals surface area contributed by atoms with E-state index in [9.17, 15) is 14.4 Å². The summed E-state index contributed by atoms with van der Waals surface area (Å²) in [4.78, 5) is 29.6. The average molecular weight is 236 g/mol. The summed E-state index contributed by atoms with van der Waals surface area (Å²) < 4.78 is 0. The van der Waals surface area contributed by atoms with Gasteiger partial charge in [0.25, 0.3) is 0 Å². The zero-order valence-corrected chi connectivity index (χ0v) is 8.79. The minimum absolute atomic E-state index is 0.0213. The van der Waals surface area contributed by atoms with E-state index < -0.39 is 30.0 Å². The molecule has 94 valence electrons. The number of carbonyl (C=O) groups is 3. The van der Waals surface area contributed by atoms with Gasteiger partial charge in [0, 0.05) is 6.42 Å². The van der Waals surface area contributed by atoms with Gasteiger partial charge < -0.3 is 26.8 Å². The number of carboxylic acids is 2. The summed E-state index contributed by atoms with van der Waals surface area (Å²) in [5.74, 6) is -2.83. The summed E-state index contributed by atoms with van der Waals surface area (Å²) in [6.45, 7) is 1.20. The van der Waals surface area contributed by atoms with Crippen LogP contribution in [-0.2, 0) is 14.4 Å². The Morgan fingerprint density at radius 1 is 1.19 bits per heavy atom. The summed E-state index contributed by atoms with van der Waals surface area (Å²) in [6, 6.07) is -0.979. The highest BCUT2D eigenvalue weighted by Crippen LogP contribution is 1.92. The second-order valence-corrected chi connectivity index (χ2v) is 2.96. The number of aliphatic hydroxyl groups excluding tert-OH is 1. The Morgan fingerprint density at radius 3 is 1.75 bits per heavy atom. The first-order valence-corrected chi connectivity index (χ1v) is 4.36. The first-order valence-electron chi connectivity index (χ1n) is 4.36. The maximum Gasteiger partial charge on any atom is 0.332 e. The third-order valence-corrected chi connectivity index (χ3v) is 1.38. The van der Waals surface area contributed by atoms with Gasteiger partial charge in [-0.2, -0.15) is 0 Å². The lowest BCUT2D eigenvalue weighted by molar-refractivity contribution is -0.145. The number of primary amides is 1. The zero-order valence-electron chi connectivity index (χ0n) is 8.79. The van der Waals surface area contributed by atoms with Crippen LogP contribution in [0, 0.1) is 0 Å². The lowest BCUT2D eigenvalue weighted by Gasteiger charge is -2.01. The molecule has 16 heavy (non-hydrogen) atoms. The van der Waals surface area contributed by atoms with E-state index in [0.717, 1.165) is 0 Å². The van der Waals surface area contributed by atoms with E-state index in [-0.39, 0.29) is 12.8 Å². The number of aliphatic carboxylic acids is 2. The summed E-state index contributed by atoms with van der Waals surface area (Å²) in [5, 5.41) is 24.0. The van der Waals surface area contributed by atoms with Crippen molar-refractivity contribution in [1.29, 1.82) is 0 Å². The minimum atomic E-state index is -1.23. The van der Waals surface area contributed by atoms with E-state index in [1.807, 2.05) is 0 Å². The predicted octanol–water partition coefficient (Wildman–Crippen LogP) is -1.88. The zero-order chi connectivity index (χ0) is 13.3.